The zero-order valence-electron chi connectivity index (χ0n) is 12.1. The highest BCUT2D eigenvalue weighted by molar-refractivity contribution is 5.99. The van der Waals surface area contributed by atoms with Crippen molar-refractivity contribution >= 4 is 17.2 Å². The molecule has 0 saturated carbocycles. The van der Waals surface area contributed by atoms with Gasteiger partial charge in [0.2, 0.25) is 0 Å². The Labute approximate surface area is 123 Å². The third-order valence-electron chi connectivity index (χ3n) is 3.90. The van der Waals surface area contributed by atoms with Crippen LogP contribution in [0.3, 0.4) is 0 Å². The zero-order chi connectivity index (χ0) is 14.8. The van der Waals surface area contributed by atoms with Gasteiger partial charge in [-0.1, -0.05) is 6.07 Å². The molecule has 1 aromatic rings. The smallest absolute Gasteiger partial charge is 0.148 e. The van der Waals surface area contributed by atoms with Gasteiger partial charge >= 0.3 is 0 Å². The number of aliphatic hydroxyl groups is 1. The van der Waals surface area contributed by atoms with Crippen molar-refractivity contribution in [2.45, 2.75) is 13.0 Å². The van der Waals surface area contributed by atoms with Crippen molar-refractivity contribution in [3.63, 3.8) is 0 Å². The maximum absolute atomic E-state index is 14.4. The van der Waals surface area contributed by atoms with Crippen LogP contribution in [-0.4, -0.2) is 56.4 Å². The quantitative estimate of drug-likeness (QED) is 0.892. The number of hydrogen-bond acceptors (Lipinski definition) is 5. The lowest BCUT2D eigenvalue weighted by atomic mass is 10.1. The molecule has 2 heterocycles. The van der Waals surface area contributed by atoms with E-state index in [0.717, 1.165) is 11.5 Å². The van der Waals surface area contributed by atoms with E-state index in [0.29, 0.717) is 45.1 Å². The summed E-state index contributed by atoms with van der Waals surface area (Å²) in [5, 5.41) is 9.85. The number of aliphatic imine (C=N–C) groups is 1. The number of nitrogens with zero attached hydrogens (tertiary/aromatic N) is 3. The number of halogens is 1. The number of hydrogen-bond donors (Lipinski definition) is 1. The Kier molecular flexibility index (Phi) is 4.07. The Bertz CT molecular complexity index is 544. The van der Waals surface area contributed by atoms with Gasteiger partial charge in [0.05, 0.1) is 43.8 Å². The molecule has 0 aliphatic carbocycles. The number of benzene rings is 1. The summed E-state index contributed by atoms with van der Waals surface area (Å²) in [7, 11) is 0. The zero-order valence-corrected chi connectivity index (χ0v) is 12.1. The van der Waals surface area contributed by atoms with Crippen LogP contribution >= 0.6 is 0 Å². The van der Waals surface area contributed by atoms with Gasteiger partial charge in [0, 0.05) is 13.1 Å². The van der Waals surface area contributed by atoms with Crippen molar-refractivity contribution in [2.24, 2.45) is 4.99 Å². The van der Waals surface area contributed by atoms with E-state index in [-0.39, 0.29) is 5.82 Å². The van der Waals surface area contributed by atoms with E-state index in [1.54, 1.807) is 6.07 Å². The molecule has 1 fully saturated rings. The van der Waals surface area contributed by atoms with E-state index in [1.807, 2.05) is 22.8 Å². The van der Waals surface area contributed by atoms with E-state index >= 15 is 0 Å². The van der Waals surface area contributed by atoms with E-state index in [4.69, 9.17) is 4.74 Å². The topological polar surface area (TPSA) is 48.3 Å². The molecule has 0 amide bonds. The predicted octanol–water partition coefficient (Wildman–Crippen LogP) is 1.26. The molecule has 114 valence electrons. The molecule has 5 nitrogen and oxygen atoms in total. The number of rotatable bonds is 2. The van der Waals surface area contributed by atoms with Crippen LogP contribution in [0.1, 0.15) is 6.92 Å². The lowest BCUT2D eigenvalue weighted by Gasteiger charge is -2.36. The number of morpholine rings is 1. The molecule has 0 radical (unpaired) electrons. The molecule has 6 heteroatoms. The molecule has 2 aliphatic rings. The van der Waals surface area contributed by atoms with Crippen molar-refractivity contribution in [1.29, 1.82) is 0 Å². The fourth-order valence-corrected chi connectivity index (χ4v) is 2.82. The Morgan fingerprint density at radius 1 is 1.33 bits per heavy atom. The van der Waals surface area contributed by atoms with Gasteiger partial charge in [-0.15, -0.1) is 0 Å². The standard InChI is InChI=1S/C15H20FN3O2/c1-11-17-9-12(20)10-19(11)14-4-2-3-13(16)15(14)18-5-7-21-8-6-18/h2-4,12,20H,5-10H2,1H3. The van der Waals surface area contributed by atoms with E-state index in [2.05, 4.69) is 4.99 Å². The normalized spacial score (nSPS) is 23.2. The summed E-state index contributed by atoms with van der Waals surface area (Å²) in [6.07, 6.45) is -0.519. The van der Waals surface area contributed by atoms with Crippen LogP contribution in [0.25, 0.3) is 0 Å². The van der Waals surface area contributed by atoms with Gasteiger partial charge in [-0.3, -0.25) is 4.99 Å². The van der Waals surface area contributed by atoms with Crippen LogP contribution in [-0.2, 0) is 4.74 Å². The molecule has 0 spiro atoms. The molecular formula is C15H20FN3O2. The van der Waals surface area contributed by atoms with Crippen LogP contribution < -0.4 is 9.80 Å². The average Bonchev–Trinajstić information content (AvgIpc) is 2.50. The maximum Gasteiger partial charge on any atom is 0.148 e. The number of anilines is 2. The minimum Gasteiger partial charge on any atom is -0.389 e. The van der Waals surface area contributed by atoms with Crippen LogP contribution in [0.4, 0.5) is 15.8 Å². The van der Waals surface area contributed by atoms with Gasteiger partial charge < -0.3 is 19.6 Å². The van der Waals surface area contributed by atoms with Crippen molar-refractivity contribution in [3.8, 4) is 0 Å². The summed E-state index contributed by atoms with van der Waals surface area (Å²) >= 11 is 0. The first-order valence-corrected chi connectivity index (χ1v) is 7.24. The molecule has 2 aliphatic heterocycles. The third kappa shape index (κ3) is 2.87. The molecule has 1 unspecified atom stereocenters. The van der Waals surface area contributed by atoms with Gasteiger partial charge in [0.1, 0.15) is 11.7 Å². The third-order valence-corrected chi connectivity index (χ3v) is 3.90. The van der Waals surface area contributed by atoms with Gasteiger partial charge in [0.15, 0.2) is 0 Å². The first kappa shape index (κ1) is 14.3. The Balaban J connectivity index is 2.00. The molecule has 1 N–H and O–H groups in total. The second kappa shape index (κ2) is 5.99. The number of aliphatic hydroxyl groups excluding tert-OH is 1. The summed E-state index contributed by atoms with van der Waals surface area (Å²) in [4.78, 5) is 8.20. The predicted molar refractivity (Wildman–Crippen MR) is 80.8 cm³/mol. The molecule has 1 aromatic carbocycles. The van der Waals surface area contributed by atoms with E-state index in [1.165, 1.54) is 6.07 Å². The van der Waals surface area contributed by atoms with Crippen molar-refractivity contribution in [3.05, 3.63) is 24.0 Å². The lowest BCUT2D eigenvalue weighted by Crippen LogP contribution is -2.44. The Morgan fingerprint density at radius 2 is 2.10 bits per heavy atom. The Hall–Kier alpha value is -1.66. The summed E-state index contributed by atoms with van der Waals surface area (Å²) in [5.41, 5.74) is 1.33. The monoisotopic (exact) mass is 293 g/mol. The van der Waals surface area contributed by atoms with Crippen LogP contribution in [0.15, 0.2) is 23.2 Å². The Morgan fingerprint density at radius 3 is 2.86 bits per heavy atom. The first-order valence-electron chi connectivity index (χ1n) is 7.24. The summed E-state index contributed by atoms with van der Waals surface area (Å²) in [6.45, 7) is 5.27. The number of β-amino-alcohol motifs (C(OH)–C–C–N with tert-alkyl or cyclic N) is 1. The molecule has 3 rings (SSSR count). The number of para-hydroxylation sites is 1. The fraction of sp³-hybridized carbons (Fsp3) is 0.533. The number of ether oxygens (including phenoxy) is 1. The molecular weight excluding hydrogens is 273 g/mol. The highest BCUT2D eigenvalue weighted by atomic mass is 19.1. The minimum absolute atomic E-state index is 0.248. The van der Waals surface area contributed by atoms with Gasteiger partial charge in [0.25, 0.3) is 0 Å². The van der Waals surface area contributed by atoms with E-state index < -0.39 is 6.10 Å². The van der Waals surface area contributed by atoms with Crippen molar-refractivity contribution in [1.82, 2.24) is 0 Å². The molecule has 1 atom stereocenters. The van der Waals surface area contributed by atoms with Gasteiger partial charge in [-0.05, 0) is 19.1 Å². The second-order valence-corrected chi connectivity index (χ2v) is 5.36. The maximum atomic E-state index is 14.4. The fourth-order valence-electron chi connectivity index (χ4n) is 2.82. The largest absolute Gasteiger partial charge is 0.389 e. The van der Waals surface area contributed by atoms with Crippen molar-refractivity contribution in [2.75, 3.05) is 49.2 Å². The molecule has 1 saturated heterocycles. The summed E-state index contributed by atoms with van der Waals surface area (Å²) < 4.78 is 19.7. The van der Waals surface area contributed by atoms with Gasteiger partial charge in [-0.25, -0.2) is 4.39 Å². The van der Waals surface area contributed by atoms with E-state index in [9.17, 15) is 9.50 Å². The number of amidine groups is 1. The highest BCUT2D eigenvalue weighted by Crippen LogP contribution is 2.34. The molecule has 21 heavy (non-hydrogen) atoms. The lowest BCUT2D eigenvalue weighted by molar-refractivity contribution is 0.122. The summed E-state index contributed by atoms with van der Waals surface area (Å²) in [5.74, 6) is 0.558. The van der Waals surface area contributed by atoms with Crippen LogP contribution in [0, 0.1) is 5.82 Å². The average molecular weight is 293 g/mol. The molecule has 0 bridgehead atoms. The first-order chi connectivity index (χ1) is 10.2. The van der Waals surface area contributed by atoms with Crippen molar-refractivity contribution < 1.29 is 14.2 Å². The minimum atomic E-state index is -0.519. The molecule has 0 aromatic heterocycles. The summed E-state index contributed by atoms with van der Waals surface area (Å²) in [6, 6.07) is 5.05. The van der Waals surface area contributed by atoms with Crippen LogP contribution in [0.5, 0.6) is 0 Å². The SMILES string of the molecule is CC1=NCC(O)CN1c1cccc(F)c1N1CCOCC1. The van der Waals surface area contributed by atoms with Gasteiger partial charge in [-0.2, -0.15) is 0 Å². The highest BCUT2D eigenvalue weighted by Gasteiger charge is 2.26. The van der Waals surface area contributed by atoms with Crippen LogP contribution in [0.2, 0.25) is 0 Å². The second-order valence-electron chi connectivity index (χ2n) is 5.36.